The average Bonchev–Trinajstić information content (AvgIpc) is 2.48. The van der Waals surface area contributed by atoms with Gasteiger partial charge in [-0.2, -0.15) is 4.68 Å². The van der Waals surface area contributed by atoms with Crippen molar-refractivity contribution >= 4 is 17.4 Å². The zero-order valence-electron chi connectivity index (χ0n) is 7.81. The molecule has 0 saturated heterocycles. The van der Waals surface area contributed by atoms with Crippen molar-refractivity contribution in [3.63, 3.8) is 0 Å². The zero-order chi connectivity index (χ0) is 10.7. The highest BCUT2D eigenvalue weighted by Crippen LogP contribution is 2.23. The summed E-state index contributed by atoms with van der Waals surface area (Å²) < 4.78 is 6.31. The number of halogens is 1. The third-order valence-electron chi connectivity index (χ3n) is 1.70. The fourth-order valence-corrected chi connectivity index (χ4v) is 1.23. The molecule has 1 atom stereocenters. The van der Waals surface area contributed by atoms with Gasteiger partial charge >= 0.3 is 5.82 Å². The van der Waals surface area contributed by atoms with Gasteiger partial charge in [-0.1, -0.05) is 11.6 Å². The van der Waals surface area contributed by atoms with Crippen molar-refractivity contribution in [1.29, 1.82) is 0 Å². The van der Waals surface area contributed by atoms with Crippen LogP contribution in [0.1, 0.15) is 13.0 Å². The van der Waals surface area contributed by atoms with E-state index in [2.05, 4.69) is 5.10 Å². The normalized spacial score (nSPS) is 12.8. The van der Waals surface area contributed by atoms with Gasteiger partial charge < -0.3 is 14.9 Å². The predicted octanol–water partition coefficient (Wildman–Crippen LogP) is 1.65. The summed E-state index contributed by atoms with van der Waals surface area (Å²) in [6.07, 6.45) is 1.42. The maximum Gasteiger partial charge on any atom is 0.408 e. The van der Waals surface area contributed by atoms with Gasteiger partial charge in [-0.05, 0) is 11.8 Å². The summed E-state index contributed by atoms with van der Waals surface area (Å²) in [4.78, 5) is 9.82. The molecule has 0 fully saturated rings. The molecule has 1 unspecified atom stereocenters. The Morgan fingerprint density at radius 2 is 2.50 bits per heavy atom. The number of rotatable bonds is 4. The van der Waals surface area contributed by atoms with Gasteiger partial charge in [0.25, 0.3) is 0 Å². The van der Waals surface area contributed by atoms with Gasteiger partial charge in [0, 0.05) is 7.11 Å². The second-order valence-corrected chi connectivity index (χ2v) is 3.25. The minimum atomic E-state index is -0.613. The topological polar surface area (TPSA) is 70.2 Å². The summed E-state index contributed by atoms with van der Waals surface area (Å²) in [5.74, 6) is -0.324. The van der Waals surface area contributed by atoms with Crippen LogP contribution in [0.2, 0.25) is 5.02 Å². The molecule has 0 radical (unpaired) electrons. The predicted molar refractivity (Wildman–Crippen MR) is 50.5 cm³/mol. The first-order valence-electron chi connectivity index (χ1n) is 3.94. The molecule has 0 aliphatic heterocycles. The lowest BCUT2D eigenvalue weighted by Crippen LogP contribution is -2.11. The molecule has 1 aromatic heterocycles. The Balaban J connectivity index is 2.90. The number of nitro groups is 1. The lowest BCUT2D eigenvalue weighted by atomic mass is 10.4. The van der Waals surface area contributed by atoms with Crippen LogP contribution in [-0.2, 0) is 4.74 Å². The van der Waals surface area contributed by atoms with Crippen LogP contribution in [0.3, 0.4) is 0 Å². The quantitative estimate of drug-likeness (QED) is 0.570. The standard InChI is InChI=1S/C7H10ClN3O3/c1-5(4-14-2)10-3-6(8)7(9-10)11(12)13/h3,5H,4H2,1-2H3. The molecule has 6 nitrogen and oxygen atoms in total. The van der Waals surface area contributed by atoms with Gasteiger partial charge in [0.1, 0.15) is 0 Å². The van der Waals surface area contributed by atoms with Gasteiger partial charge in [-0.3, -0.25) is 0 Å². The number of nitrogens with zero attached hydrogens (tertiary/aromatic N) is 3. The number of hydrogen-bond donors (Lipinski definition) is 0. The van der Waals surface area contributed by atoms with Crippen LogP contribution >= 0.6 is 11.6 Å². The van der Waals surface area contributed by atoms with Crippen molar-refractivity contribution in [2.24, 2.45) is 0 Å². The molecule has 0 saturated carbocycles. The maximum absolute atomic E-state index is 10.4. The van der Waals surface area contributed by atoms with Crippen molar-refractivity contribution in [1.82, 2.24) is 9.78 Å². The van der Waals surface area contributed by atoms with E-state index in [0.717, 1.165) is 0 Å². The summed E-state index contributed by atoms with van der Waals surface area (Å²) in [7, 11) is 1.55. The largest absolute Gasteiger partial charge is 0.408 e. The van der Waals surface area contributed by atoms with Crippen LogP contribution in [-0.4, -0.2) is 28.4 Å². The molecule has 7 heteroatoms. The zero-order valence-corrected chi connectivity index (χ0v) is 8.56. The van der Waals surface area contributed by atoms with Crippen LogP contribution < -0.4 is 0 Å². The average molecular weight is 220 g/mol. The van der Waals surface area contributed by atoms with E-state index in [0.29, 0.717) is 6.61 Å². The van der Waals surface area contributed by atoms with E-state index in [1.807, 2.05) is 6.92 Å². The monoisotopic (exact) mass is 219 g/mol. The lowest BCUT2D eigenvalue weighted by Gasteiger charge is -2.05. The van der Waals surface area contributed by atoms with Crippen molar-refractivity contribution in [3.8, 4) is 0 Å². The Bertz CT molecular complexity index is 339. The fraction of sp³-hybridized carbons (Fsp3) is 0.571. The second-order valence-electron chi connectivity index (χ2n) is 2.84. The number of methoxy groups -OCH3 is 1. The van der Waals surface area contributed by atoms with E-state index in [1.165, 1.54) is 10.9 Å². The fourth-order valence-electron chi connectivity index (χ4n) is 1.03. The van der Waals surface area contributed by atoms with Crippen molar-refractivity contribution in [2.45, 2.75) is 13.0 Å². The summed E-state index contributed by atoms with van der Waals surface area (Å²) in [6, 6.07) is -0.0776. The van der Waals surface area contributed by atoms with E-state index in [4.69, 9.17) is 16.3 Å². The third-order valence-corrected chi connectivity index (χ3v) is 1.97. The summed E-state index contributed by atoms with van der Waals surface area (Å²) >= 11 is 5.62. The minimum absolute atomic E-state index is 0.0398. The van der Waals surface area contributed by atoms with Crippen molar-refractivity contribution < 1.29 is 9.66 Å². The van der Waals surface area contributed by atoms with Crippen LogP contribution in [0.4, 0.5) is 5.82 Å². The first kappa shape index (κ1) is 10.9. The highest BCUT2D eigenvalue weighted by Gasteiger charge is 2.21. The van der Waals surface area contributed by atoms with Crippen LogP contribution in [0.5, 0.6) is 0 Å². The van der Waals surface area contributed by atoms with Crippen LogP contribution in [0.25, 0.3) is 0 Å². The molecule has 1 rings (SSSR count). The molecule has 78 valence electrons. The van der Waals surface area contributed by atoms with Gasteiger partial charge in [0.05, 0.1) is 23.9 Å². The molecule has 1 heterocycles. The molecular weight excluding hydrogens is 210 g/mol. The molecular formula is C7H10ClN3O3. The first-order chi connectivity index (χ1) is 6.56. The number of hydrogen-bond acceptors (Lipinski definition) is 4. The van der Waals surface area contributed by atoms with Gasteiger partial charge in [-0.15, -0.1) is 0 Å². The van der Waals surface area contributed by atoms with Crippen molar-refractivity contribution in [3.05, 3.63) is 21.3 Å². The minimum Gasteiger partial charge on any atom is -0.382 e. The summed E-state index contributed by atoms with van der Waals surface area (Å²) in [5.41, 5.74) is 0. The highest BCUT2D eigenvalue weighted by atomic mass is 35.5. The summed E-state index contributed by atoms with van der Waals surface area (Å²) in [5, 5.41) is 14.2. The first-order valence-corrected chi connectivity index (χ1v) is 4.32. The van der Waals surface area contributed by atoms with Crippen LogP contribution in [0.15, 0.2) is 6.20 Å². The van der Waals surface area contributed by atoms with E-state index >= 15 is 0 Å². The van der Waals surface area contributed by atoms with Gasteiger partial charge in [0.15, 0.2) is 5.02 Å². The highest BCUT2D eigenvalue weighted by molar-refractivity contribution is 6.32. The molecule has 0 spiro atoms. The van der Waals surface area contributed by atoms with Crippen molar-refractivity contribution in [2.75, 3.05) is 13.7 Å². The van der Waals surface area contributed by atoms with E-state index in [9.17, 15) is 10.1 Å². The molecule has 0 aliphatic rings. The smallest absolute Gasteiger partial charge is 0.382 e. The maximum atomic E-state index is 10.4. The van der Waals surface area contributed by atoms with E-state index in [-0.39, 0.29) is 16.9 Å². The number of ether oxygens (including phenoxy) is 1. The van der Waals surface area contributed by atoms with Gasteiger partial charge in [-0.25, -0.2) is 0 Å². The molecule has 0 aromatic carbocycles. The molecule has 0 aliphatic carbocycles. The van der Waals surface area contributed by atoms with E-state index < -0.39 is 4.92 Å². The molecule has 1 aromatic rings. The van der Waals surface area contributed by atoms with E-state index in [1.54, 1.807) is 7.11 Å². The third kappa shape index (κ3) is 2.21. The lowest BCUT2D eigenvalue weighted by molar-refractivity contribution is -0.389. The molecule has 0 amide bonds. The Morgan fingerprint density at radius 1 is 1.86 bits per heavy atom. The Kier molecular flexibility index (Phi) is 3.43. The Labute approximate surface area is 85.6 Å². The Morgan fingerprint density at radius 3 is 2.93 bits per heavy atom. The Hall–Kier alpha value is -1.14. The summed E-state index contributed by atoms with van der Waals surface area (Å²) in [6.45, 7) is 2.26. The molecule has 0 bridgehead atoms. The molecule has 0 N–H and O–H groups in total. The molecule has 14 heavy (non-hydrogen) atoms. The number of aromatic nitrogens is 2. The SMILES string of the molecule is COCC(C)n1cc(Cl)c([N+](=O)[O-])n1. The van der Waals surface area contributed by atoms with Gasteiger partial charge in [0.2, 0.25) is 0 Å². The second kappa shape index (κ2) is 4.39. The van der Waals surface area contributed by atoms with Crippen LogP contribution in [0, 0.1) is 10.1 Å².